The Kier molecular flexibility index (Phi) is 8.20. The van der Waals surface area contributed by atoms with Gasteiger partial charge in [-0.05, 0) is 6.42 Å². The Labute approximate surface area is 75.2 Å². The van der Waals surface area contributed by atoms with E-state index in [1.807, 2.05) is 0 Å². The summed E-state index contributed by atoms with van der Waals surface area (Å²) in [6, 6.07) is 0. The Bertz CT molecular complexity index is 146. The van der Waals surface area contributed by atoms with Gasteiger partial charge >= 0.3 is 0 Å². The molecule has 0 aliphatic rings. The number of hydrogen-bond acceptors (Lipinski definition) is 2. The predicted molar refractivity (Wildman–Crippen MR) is 51.6 cm³/mol. The highest BCUT2D eigenvalue weighted by atomic mass is 16.3. The van der Waals surface area contributed by atoms with Gasteiger partial charge in [0.05, 0.1) is 0 Å². The molecule has 0 heterocycles. The number of aliphatic hydroxyl groups is 1. The Hall–Kier alpha value is -0.520. The van der Waals surface area contributed by atoms with Gasteiger partial charge in [0, 0.05) is 13.0 Å². The van der Waals surface area contributed by atoms with E-state index in [1.165, 1.54) is 19.3 Å². The predicted octanol–water partition coefficient (Wildman–Crippen LogP) is 1.28. The van der Waals surface area contributed by atoms with Gasteiger partial charge in [0.2, 0.25) is 0 Å². The molecule has 1 atom stereocenters. The second kappa shape index (κ2) is 8.58. The topological polar surface area (TPSA) is 46.2 Å². The molecule has 2 nitrogen and oxygen atoms in total. The van der Waals surface area contributed by atoms with Crippen LogP contribution in [-0.2, 0) is 0 Å². The molecule has 0 aliphatic heterocycles. The average molecular weight is 169 g/mol. The van der Waals surface area contributed by atoms with Gasteiger partial charge < -0.3 is 10.8 Å². The molecule has 0 aromatic heterocycles. The minimum absolute atomic E-state index is 0.238. The monoisotopic (exact) mass is 169 g/mol. The first-order valence-corrected chi connectivity index (χ1v) is 4.67. The maximum absolute atomic E-state index is 8.96. The van der Waals surface area contributed by atoms with Crippen molar-refractivity contribution in [3.63, 3.8) is 0 Å². The lowest BCUT2D eigenvalue weighted by molar-refractivity contribution is 0.241. The van der Waals surface area contributed by atoms with Crippen LogP contribution >= 0.6 is 0 Å². The summed E-state index contributed by atoms with van der Waals surface area (Å²) >= 11 is 0. The summed E-state index contributed by atoms with van der Waals surface area (Å²) in [6.07, 6.45) is 5.16. The van der Waals surface area contributed by atoms with Crippen molar-refractivity contribution in [3.8, 4) is 11.8 Å². The van der Waals surface area contributed by atoms with Gasteiger partial charge in [-0.1, -0.05) is 32.1 Å². The Morgan fingerprint density at radius 3 is 2.67 bits per heavy atom. The summed E-state index contributed by atoms with van der Waals surface area (Å²) in [7, 11) is 0. The zero-order valence-corrected chi connectivity index (χ0v) is 7.84. The summed E-state index contributed by atoms with van der Waals surface area (Å²) in [5, 5.41) is 8.96. The minimum Gasteiger partial charge on any atom is -0.379 e. The van der Waals surface area contributed by atoms with Crippen LogP contribution in [0.1, 0.15) is 39.0 Å². The van der Waals surface area contributed by atoms with E-state index in [4.69, 9.17) is 10.8 Å². The van der Waals surface area contributed by atoms with Crippen molar-refractivity contribution in [2.24, 2.45) is 5.73 Å². The molecule has 0 aliphatic carbocycles. The first-order chi connectivity index (χ1) is 5.81. The number of hydrogen-bond donors (Lipinski definition) is 2. The summed E-state index contributed by atoms with van der Waals surface area (Å²) in [6.45, 7) is 2.42. The van der Waals surface area contributed by atoms with Crippen LogP contribution in [0.15, 0.2) is 0 Å². The fraction of sp³-hybridized carbons (Fsp3) is 0.800. The SMILES string of the molecule is CCCCCCC#CC(O)CN. The van der Waals surface area contributed by atoms with Crippen LogP contribution in [0.3, 0.4) is 0 Å². The van der Waals surface area contributed by atoms with E-state index in [1.54, 1.807) is 0 Å². The molecule has 0 aromatic rings. The quantitative estimate of drug-likeness (QED) is 0.481. The number of unbranched alkanes of at least 4 members (excludes halogenated alkanes) is 4. The van der Waals surface area contributed by atoms with Crippen molar-refractivity contribution in [1.29, 1.82) is 0 Å². The van der Waals surface area contributed by atoms with E-state index in [0.717, 1.165) is 12.8 Å². The first kappa shape index (κ1) is 11.5. The largest absolute Gasteiger partial charge is 0.379 e. The van der Waals surface area contributed by atoms with Crippen LogP contribution in [0.4, 0.5) is 0 Å². The standard InChI is InChI=1S/C10H19NO/c1-2-3-4-5-6-7-8-10(12)9-11/h10,12H,2-6,9,11H2,1H3. The highest BCUT2D eigenvalue weighted by Crippen LogP contribution is 2.00. The van der Waals surface area contributed by atoms with Crippen LogP contribution in [0.2, 0.25) is 0 Å². The minimum atomic E-state index is -0.629. The fourth-order valence-electron chi connectivity index (χ4n) is 0.889. The maximum atomic E-state index is 8.96. The van der Waals surface area contributed by atoms with Crippen LogP contribution in [0.25, 0.3) is 0 Å². The van der Waals surface area contributed by atoms with E-state index < -0.39 is 6.10 Å². The maximum Gasteiger partial charge on any atom is 0.126 e. The van der Waals surface area contributed by atoms with Gasteiger partial charge in [0.15, 0.2) is 0 Å². The summed E-state index contributed by atoms with van der Waals surface area (Å²) in [4.78, 5) is 0. The fourth-order valence-corrected chi connectivity index (χ4v) is 0.889. The second-order valence-corrected chi connectivity index (χ2v) is 2.88. The third kappa shape index (κ3) is 7.59. The van der Waals surface area contributed by atoms with E-state index in [-0.39, 0.29) is 6.54 Å². The van der Waals surface area contributed by atoms with E-state index in [0.29, 0.717) is 0 Å². The molecule has 0 saturated carbocycles. The number of rotatable bonds is 5. The van der Waals surface area contributed by atoms with Crippen LogP contribution < -0.4 is 5.73 Å². The lowest BCUT2D eigenvalue weighted by atomic mass is 10.1. The molecular weight excluding hydrogens is 150 g/mol. The van der Waals surface area contributed by atoms with Crippen LogP contribution in [0, 0.1) is 11.8 Å². The summed E-state index contributed by atoms with van der Waals surface area (Å²) < 4.78 is 0. The van der Waals surface area contributed by atoms with Crippen molar-refractivity contribution in [2.45, 2.75) is 45.1 Å². The van der Waals surface area contributed by atoms with Gasteiger partial charge in [-0.25, -0.2) is 0 Å². The molecule has 0 radical (unpaired) electrons. The smallest absolute Gasteiger partial charge is 0.126 e. The Morgan fingerprint density at radius 2 is 2.08 bits per heavy atom. The van der Waals surface area contributed by atoms with Gasteiger partial charge in [-0.2, -0.15) is 0 Å². The molecule has 0 bridgehead atoms. The van der Waals surface area contributed by atoms with Crippen molar-refractivity contribution in [2.75, 3.05) is 6.54 Å². The van der Waals surface area contributed by atoms with Crippen molar-refractivity contribution in [1.82, 2.24) is 0 Å². The third-order valence-electron chi connectivity index (χ3n) is 1.65. The third-order valence-corrected chi connectivity index (χ3v) is 1.65. The molecule has 70 valence electrons. The molecular formula is C10H19NO. The van der Waals surface area contributed by atoms with Gasteiger partial charge in [-0.15, -0.1) is 5.92 Å². The summed E-state index contributed by atoms with van der Waals surface area (Å²) in [5.41, 5.74) is 5.18. The van der Waals surface area contributed by atoms with Gasteiger partial charge in [0.25, 0.3) is 0 Å². The molecule has 0 fully saturated rings. The zero-order chi connectivity index (χ0) is 9.23. The molecule has 3 N–H and O–H groups in total. The molecule has 1 unspecified atom stereocenters. The Morgan fingerprint density at radius 1 is 1.33 bits per heavy atom. The second-order valence-electron chi connectivity index (χ2n) is 2.88. The van der Waals surface area contributed by atoms with E-state index in [9.17, 15) is 0 Å². The molecule has 0 amide bonds. The normalized spacial score (nSPS) is 11.9. The van der Waals surface area contributed by atoms with Crippen LogP contribution in [-0.4, -0.2) is 17.8 Å². The molecule has 2 heteroatoms. The van der Waals surface area contributed by atoms with E-state index >= 15 is 0 Å². The van der Waals surface area contributed by atoms with Gasteiger partial charge in [0.1, 0.15) is 6.10 Å². The zero-order valence-electron chi connectivity index (χ0n) is 7.84. The molecule has 0 rings (SSSR count). The Balaban J connectivity index is 3.21. The van der Waals surface area contributed by atoms with Gasteiger partial charge in [-0.3, -0.25) is 0 Å². The lowest BCUT2D eigenvalue weighted by Crippen LogP contribution is -2.17. The molecule has 12 heavy (non-hydrogen) atoms. The van der Waals surface area contributed by atoms with Crippen molar-refractivity contribution >= 4 is 0 Å². The van der Waals surface area contributed by atoms with E-state index in [2.05, 4.69) is 18.8 Å². The van der Waals surface area contributed by atoms with Crippen LogP contribution in [0.5, 0.6) is 0 Å². The summed E-state index contributed by atoms with van der Waals surface area (Å²) in [5.74, 6) is 5.60. The van der Waals surface area contributed by atoms with Crippen molar-refractivity contribution < 1.29 is 5.11 Å². The molecule has 0 aromatic carbocycles. The highest BCUT2D eigenvalue weighted by molar-refractivity contribution is 5.04. The average Bonchev–Trinajstić information content (AvgIpc) is 2.10. The lowest BCUT2D eigenvalue weighted by Gasteiger charge is -1.95. The molecule has 0 spiro atoms. The number of aliphatic hydroxyl groups excluding tert-OH is 1. The number of nitrogens with two attached hydrogens (primary N) is 1. The highest BCUT2D eigenvalue weighted by Gasteiger charge is 1.90. The van der Waals surface area contributed by atoms with Crippen molar-refractivity contribution in [3.05, 3.63) is 0 Å². The molecule has 0 saturated heterocycles. The first-order valence-electron chi connectivity index (χ1n) is 4.67.